The van der Waals surface area contributed by atoms with Crippen LogP contribution in [0.15, 0.2) is 40.8 Å². The summed E-state index contributed by atoms with van der Waals surface area (Å²) in [6, 6.07) is 6.06. The summed E-state index contributed by atoms with van der Waals surface area (Å²) in [5, 5.41) is 7.71. The van der Waals surface area contributed by atoms with Crippen LogP contribution in [0.1, 0.15) is 17.3 Å². The Morgan fingerprint density at radius 3 is 2.80 bits per heavy atom. The number of aryl methyl sites for hydroxylation is 1. The number of carbonyl (C=O) groups is 2. The number of likely N-dealkylation sites (tertiary alicyclic amines) is 1. The van der Waals surface area contributed by atoms with Crippen molar-refractivity contribution in [3.8, 4) is 0 Å². The van der Waals surface area contributed by atoms with Gasteiger partial charge in [-0.25, -0.2) is 4.39 Å². The van der Waals surface area contributed by atoms with E-state index in [9.17, 15) is 14.0 Å². The van der Waals surface area contributed by atoms with Gasteiger partial charge in [0.15, 0.2) is 0 Å². The van der Waals surface area contributed by atoms with Crippen molar-refractivity contribution in [3.63, 3.8) is 0 Å². The lowest BCUT2D eigenvalue weighted by Gasteiger charge is -2.27. The molecule has 3 aliphatic heterocycles. The molecular formula is C21H21FN4O4. The van der Waals surface area contributed by atoms with Crippen LogP contribution in [0.2, 0.25) is 0 Å². The summed E-state index contributed by atoms with van der Waals surface area (Å²) in [7, 11) is 1.65. The van der Waals surface area contributed by atoms with E-state index in [4.69, 9.17) is 9.15 Å². The summed E-state index contributed by atoms with van der Waals surface area (Å²) >= 11 is 0. The third kappa shape index (κ3) is 2.92. The summed E-state index contributed by atoms with van der Waals surface area (Å²) in [6.07, 6.45) is 3.36. The summed E-state index contributed by atoms with van der Waals surface area (Å²) < 4.78 is 24.7. The number of amides is 2. The van der Waals surface area contributed by atoms with E-state index in [0.717, 1.165) is 5.56 Å². The molecule has 1 spiro atoms. The van der Waals surface area contributed by atoms with Crippen molar-refractivity contribution in [3.05, 3.63) is 59.6 Å². The van der Waals surface area contributed by atoms with Crippen LogP contribution >= 0.6 is 0 Å². The zero-order valence-electron chi connectivity index (χ0n) is 16.6. The first kappa shape index (κ1) is 18.9. The summed E-state index contributed by atoms with van der Waals surface area (Å²) in [6.45, 7) is 2.57. The van der Waals surface area contributed by atoms with Gasteiger partial charge in [0.2, 0.25) is 23.6 Å². The molecule has 1 aromatic carbocycles. The fourth-order valence-electron chi connectivity index (χ4n) is 4.74. The molecular weight excluding hydrogens is 391 g/mol. The molecule has 2 saturated heterocycles. The quantitative estimate of drug-likeness (QED) is 0.691. The van der Waals surface area contributed by atoms with Gasteiger partial charge >= 0.3 is 0 Å². The van der Waals surface area contributed by atoms with Crippen LogP contribution in [-0.4, -0.2) is 57.1 Å². The second-order valence-electron chi connectivity index (χ2n) is 8.13. The minimum Gasteiger partial charge on any atom is -0.424 e. The van der Waals surface area contributed by atoms with Gasteiger partial charge in [0.25, 0.3) is 0 Å². The lowest BCUT2D eigenvalue weighted by Crippen LogP contribution is -2.44. The number of halogens is 1. The number of benzene rings is 1. The van der Waals surface area contributed by atoms with Crippen molar-refractivity contribution in [2.45, 2.75) is 31.7 Å². The maximum absolute atomic E-state index is 13.3. The number of nitrogens with zero attached hydrogens (tertiary/aromatic N) is 4. The van der Waals surface area contributed by atoms with E-state index in [2.05, 4.69) is 10.2 Å². The molecule has 3 aliphatic rings. The highest BCUT2D eigenvalue weighted by Gasteiger charge is 2.67. The van der Waals surface area contributed by atoms with E-state index < -0.39 is 23.5 Å². The lowest BCUT2D eigenvalue weighted by atomic mass is 9.76. The van der Waals surface area contributed by atoms with Gasteiger partial charge in [-0.3, -0.25) is 9.59 Å². The highest BCUT2D eigenvalue weighted by molar-refractivity contribution is 5.92. The number of hydrogen-bond donors (Lipinski definition) is 0. The van der Waals surface area contributed by atoms with Crippen LogP contribution in [0, 0.1) is 24.6 Å². The Balaban J connectivity index is 1.35. The number of ether oxygens (including phenoxy) is 1. The van der Waals surface area contributed by atoms with Crippen LogP contribution in [0.25, 0.3) is 0 Å². The zero-order chi connectivity index (χ0) is 21.0. The van der Waals surface area contributed by atoms with Gasteiger partial charge in [0.05, 0.1) is 31.0 Å². The molecule has 5 rings (SSSR count). The van der Waals surface area contributed by atoms with Crippen molar-refractivity contribution in [2.24, 2.45) is 11.8 Å². The van der Waals surface area contributed by atoms with E-state index >= 15 is 0 Å². The standard InChI is InChI=1S/C21H21FN4O4/c1-12-23-24-16(29-12)10-25(2)19(27)17-15-7-8-21(30-15)11-26(20(28)18(17)21)9-13-3-5-14(22)6-4-13/h3-8,15,17-18H,9-11H2,1-2H3/t15-,17+,18+,21-/m0/s1. The molecule has 4 atom stereocenters. The maximum Gasteiger partial charge on any atom is 0.235 e. The largest absolute Gasteiger partial charge is 0.424 e. The van der Waals surface area contributed by atoms with Gasteiger partial charge in [-0.1, -0.05) is 24.3 Å². The SMILES string of the molecule is Cc1nnc(CN(C)C(=O)[C@@H]2[C@@H]3C=C[C@@]4(CN(Cc5ccc(F)cc5)C(=O)[C@@H]24)O3)o1. The second kappa shape index (κ2) is 6.73. The van der Waals surface area contributed by atoms with Gasteiger partial charge in [0, 0.05) is 20.5 Å². The lowest BCUT2D eigenvalue weighted by molar-refractivity contribution is -0.143. The Bertz CT molecular complexity index is 1040. The molecule has 0 saturated carbocycles. The minimum atomic E-state index is -0.788. The topological polar surface area (TPSA) is 88.8 Å². The van der Waals surface area contributed by atoms with Crippen LogP contribution in [-0.2, 0) is 27.4 Å². The fraction of sp³-hybridized carbons (Fsp3) is 0.429. The molecule has 2 fully saturated rings. The Labute approximate surface area is 172 Å². The predicted octanol–water partition coefficient (Wildman–Crippen LogP) is 1.46. The molecule has 1 aromatic heterocycles. The van der Waals surface area contributed by atoms with Crippen molar-refractivity contribution in [1.82, 2.24) is 20.0 Å². The third-order valence-electron chi connectivity index (χ3n) is 6.07. The Morgan fingerprint density at radius 1 is 1.33 bits per heavy atom. The van der Waals surface area contributed by atoms with E-state index in [1.807, 2.05) is 12.2 Å². The second-order valence-corrected chi connectivity index (χ2v) is 8.13. The predicted molar refractivity (Wildman–Crippen MR) is 101 cm³/mol. The molecule has 2 aromatic rings. The molecule has 0 unspecified atom stereocenters. The van der Waals surface area contributed by atoms with Crippen molar-refractivity contribution < 1.29 is 23.1 Å². The molecule has 2 bridgehead atoms. The smallest absolute Gasteiger partial charge is 0.235 e. The average molecular weight is 412 g/mol. The first-order valence-electron chi connectivity index (χ1n) is 9.81. The molecule has 0 radical (unpaired) electrons. The summed E-state index contributed by atoms with van der Waals surface area (Å²) in [5.41, 5.74) is 0.0377. The van der Waals surface area contributed by atoms with Crippen LogP contribution in [0.5, 0.6) is 0 Å². The van der Waals surface area contributed by atoms with Gasteiger partial charge in [-0.15, -0.1) is 10.2 Å². The number of hydrogen-bond acceptors (Lipinski definition) is 6. The van der Waals surface area contributed by atoms with Crippen LogP contribution < -0.4 is 0 Å². The first-order chi connectivity index (χ1) is 14.4. The first-order valence-corrected chi connectivity index (χ1v) is 9.81. The van der Waals surface area contributed by atoms with Gasteiger partial charge in [-0.05, 0) is 17.7 Å². The molecule has 0 aliphatic carbocycles. The molecule has 2 amide bonds. The Morgan fingerprint density at radius 2 is 2.10 bits per heavy atom. The summed E-state index contributed by atoms with van der Waals surface area (Å²) in [5.74, 6) is -1.04. The minimum absolute atomic E-state index is 0.119. The molecule has 9 heteroatoms. The zero-order valence-corrected chi connectivity index (χ0v) is 16.6. The molecule has 156 valence electrons. The van der Waals surface area contributed by atoms with Crippen LogP contribution in [0.3, 0.4) is 0 Å². The summed E-state index contributed by atoms with van der Waals surface area (Å²) in [4.78, 5) is 29.7. The molecule has 8 nitrogen and oxygen atoms in total. The highest BCUT2D eigenvalue weighted by atomic mass is 19.1. The van der Waals surface area contributed by atoms with Crippen molar-refractivity contribution in [1.29, 1.82) is 0 Å². The van der Waals surface area contributed by atoms with Gasteiger partial charge < -0.3 is 19.0 Å². The van der Waals surface area contributed by atoms with E-state index in [0.29, 0.717) is 24.9 Å². The Kier molecular flexibility index (Phi) is 4.25. The maximum atomic E-state index is 13.3. The van der Waals surface area contributed by atoms with E-state index in [1.165, 1.54) is 17.0 Å². The van der Waals surface area contributed by atoms with Crippen LogP contribution in [0.4, 0.5) is 4.39 Å². The molecule has 30 heavy (non-hydrogen) atoms. The average Bonchev–Trinajstić information content (AvgIpc) is 3.45. The number of fused-ring (bicyclic) bond motifs is 1. The van der Waals surface area contributed by atoms with Gasteiger partial charge in [-0.2, -0.15) is 0 Å². The van der Waals surface area contributed by atoms with Gasteiger partial charge in [0.1, 0.15) is 11.4 Å². The number of aromatic nitrogens is 2. The fourth-order valence-corrected chi connectivity index (χ4v) is 4.74. The normalized spacial score (nSPS) is 29.0. The monoisotopic (exact) mass is 412 g/mol. The number of carbonyl (C=O) groups excluding carboxylic acids is 2. The number of rotatable bonds is 5. The highest BCUT2D eigenvalue weighted by Crippen LogP contribution is 2.52. The van der Waals surface area contributed by atoms with E-state index in [-0.39, 0.29) is 24.2 Å². The van der Waals surface area contributed by atoms with Crippen molar-refractivity contribution >= 4 is 11.8 Å². The van der Waals surface area contributed by atoms with Crippen molar-refractivity contribution in [2.75, 3.05) is 13.6 Å². The molecule has 0 N–H and O–H groups in total. The van der Waals surface area contributed by atoms with E-state index in [1.54, 1.807) is 31.0 Å². The third-order valence-corrected chi connectivity index (χ3v) is 6.07. The Hall–Kier alpha value is -3.07. The molecule has 4 heterocycles.